The molecule has 3 fully saturated rings. The van der Waals surface area contributed by atoms with E-state index in [0.717, 1.165) is 37.1 Å². The molecule has 2 bridgehead atoms. The molecule has 0 aromatic carbocycles. The van der Waals surface area contributed by atoms with Crippen LogP contribution in [0.4, 0.5) is 0 Å². The molecule has 0 saturated carbocycles. The van der Waals surface area contributed by atoms with Crippen molar-refractivity contribution in [2.45, 2.75) is 52.6 Å². The molecule has 3 aliphatic heterocycles. The molecule has 3 saturated heterocycles. The number of aromatic nitrogens is 2. The molecule has 0 spiro atoms. The highest BCUT2D eigenvalue weighted by Crippen LogP contribution is 2.29. The zero-order valence-electron chi connectivity index (χ0n) is 15.2. The van der Waals surface area contributed by atoms with E-state index in [0.29, 0.717) is 13.1 Å². The maximum Gasteiger partial charge on any atom is 0.267 e. The normalized spacial score (nSPS) is 23.1. The van der Waals surface area contributed by atoms with Gasteiger partial charge in [-0.1, -0.05) is 6.92 Å². The van der Waals surface area contributed by atoms with E-state index in [1.807, 2.05) is 18.7 Å². The summed E-state index contributed by atoms with van der Waals surface area (Å²) in [6, 6.07) is 1.61. The van der Waals surface area contributed by atoms with E-state index >= 15 is 0 Å². The molecule has 4 rings (SSSR count). The van der Waals surface area contributed by atoms with Crippen molar-refractivity contribution in [3.05, 3.63) is 27.7 Å². The van der Waals surface area contributed by atoms with Crippen LogP contribution in [0.5, 0.6) is 0 Å². The molecule has 7 nitrogen and oxygen atoms in total. The lowest BCUT2D eigenvalue weighted by Gasteiger charge is -2.35. The van der Waals surface area contributed by atoms with Crippen LogP contribution in [0.2, 0.25) is 0 Å². The Morgan fingerprint density at radius 3 is 2.72 bits per heavy atom. The highest BCUT2D eigenvalue weighted by atomic mass is 16.2. The van der Waals surface area contributed by atoms with Gasteiger partial charge in [0.25, 0.3) is 5.56 Å². The van der Waals surface area contributed by atoms with Gasteiger partial charge in [-0.15, -0.1) is 0 Å². The number of hydrogen-bond acceptors (Lipinski definition) is 4. The summed E-state index contributed by atoms with van der Waals surface area (Å²) >= 11 is 0. The molecule has 2 atom stereocenters. The first kappa shape index (κ1) is 17.6. The summed E-state index contributed by atoms with van der Waals surface area (Å²) < 4.78 is 1.23. The number of fused-ring (bicyclic) bond motifs is 4. The number of piperidine rings is 1. The van der Waals surface area contributed by atoms with Crippen molar-refractivity contribution < 1.29 is 9.59 Å². The van der Waals surface area contributed by atoms with E-state index < -0.39 is 0 Å². The molecule has 0 aliphatic carbocycles. The standard InChI is InChI=1S/C18H26N4O3/c1-4-7-21-15-6-5-14(18(21)25)9-20(10-15)17(24)11-22-16(23)8-12(2)13(3)19-22/h8,14-15H,4-7,9-11H2,1-3H3. The topological polar surface area (TPSA) is 75.5 Å². The van der Waals surface area contributed by atoms with E-state index in [9.17, 15) is 14.4 Å². The Morgan fingerprint density at radius 1 is 1.24 bits per heavy atom. The predicted molar refractivity (Wildman–Crippen MR) is 93.1 cm³/mol. The zero-order valence-corrected chi connectivity index (χ0v) is 15.2. The third-order valence-corrected chi connectivity index (χ3v) is 5.33. The van der Waals surface area contributed by atoms with Gasteiger partial charge in [0.05, 0.1) is 11.6 Å². The third kappa shape index (κ3) is 3.45. The van der Waals surface area contributed by atoms with E-state index in [2.05, 4.69) is 12.0 Å². The maximum absolute atomic E-state index is 12.8. The van der Waals surface area contributed by atoms with Gasteiger partial charge in [-0.3, -0.25) is 14.4 Å². The van der Waals surface area contributed by atoms with Crippen LogP contribution in [-0.4, -0.2) is 57.1 Å². The van der Waals surface area contributed by atoms with Crippen LogP contribution in [0.1, 0.15) is 37.4 Å². The minimum absolute atomic E-state index is 0.0681. The largest absolute Gasteiger partial charge is 0.338 e. The Labute approximate surface area is 147 Å². The highest BCUT2D eigenvalue weighted by Gasteiger charge is 2.41. The molecule has 25 heavy (non-hydrogen) atoms. The fraction of sp³-hybridized carbons (Fsp3) is 0.667. The lowest BCUT2D eigenvalue weighted by Crippen LogP contribution is -2.48. The van der Waals surface area contributed by atoms with Crippen LogP contribution in [0, 0.1) is 19.8 Å². The van der Waals surface area contributed by atoms with Crippen molar-refractivity contribution in [2.75, 3.05) is 19.6 Å². The van der Waals surface area contributed by atoms with Gasteiger partial charge in [0, 0.05) is 31.7 Å². The molecule has 3 aliphatic rings. The second-order valence-electron chi connectivity index (χ2n) is 7.17. The molecular formula is C18H26N4O3. The molecule has 1 aromatic rings. The highest BCUT2D eigenvalue weighted by molar-refractivity contribution is 5.83. The van der Waals surface area contributed by atoms with Crippen LogP contribution in [0.25, 0.3) is 0 Å². The van der Waals surface area contributed by atoms with Gasteiger partial charge in [-0.25, -0.2) is 4.68 Å². The molecule has 0 N–H and O–H groups in total. The Morgan fingerprint density at radius 2 is 2.00 bits per heavy atom. The number of nitrogens with zero attached hydrogens (tertiary/aromatic N) is 4. The molecule has 0 radical (unpaired) electrons. The lowest BCUT2D eigenvalue weighted by atomic mass is 9.94. The summed E-state index contributed by atoms with van der Waals surface area (Å²) in [5.41, 5.74) is 1.30. The number of hydrogen-bond donors (Lipinski definition) is 0. The fourth-order valence-electron chi connectivity index (χ4n) is 3.79. The van der Waals surface area contributed by atoms with Gasteiger partial charge < -0.3 is 9.80 Å². The van der Waals surface area contributed by atoms with Crippen LogP contribution in [0.15, 0.2) is 10.9 Å². The first-order valence-electron chi connectivity index (χ1n) is 9.04. The zero-order chi connectivity index (χ0) is 18.1. The number of carbonyl (C=O) groups excluding carboxylic acids is 2. The summed E-state index contributed by atoms with van der Waals surface area (Å²) in [6.45, 7) is 7.41. The maximum atomic E-state index is 12.8. The lowest BCUT2D eigenvalue weighted by molar-refractivity contribution is -0.139. The summed E-state index contributed by atoms with van der Waals surface area (Å²) in [7, 11) is 0. The Kier molecular flexibility index (Phi) is 4.92. The van der Waals surface area contributed by atoms with Crippen LogP contribution in [-0.2, 0) is 16.1 Å². The summed E-state index contributed by atoms with van der Waals surface area (Å²) in [5.74, 6) is -0.0746. The first-order chi connectivity index (χ1) is 11.9. The van der Waals surface area contributed by atoms with Gasteiger partial charge >= 0.3 is 0 Å². The van der Waals surface area contributed by atoms with Crippen LogP contribution >= 0.6 is 0 Å². The van der Waals surface area contributed by atoms with Gasteiger partial charge in [-0.05, 0) is 38.7 Å². The average Bonchev–Trinajstić information content (AvgIpc) is 2.86. The van der Waals surface area contributed by atoms with Crippen molar-refractivity contribution in [1.82, 2.24) is 19.6 Å². The Balaban J connectivity index is 1.76. The van der Waals surface area contributed by atoms with Gasteiger partial charge in [0.1, 0.15) is 6.54 Å². The molecule has 2 amide bonds. The molecule has 7 heteroatoms. The van der Waals surface area contributed by atoms with Crippen molar-refractivity contribution in [1.29, 1.82) is 0 Å². The predicted octanol–water partition coefficient (Wildman–Crippen LogP) is 0.720. The second-order valence-corrected chi connectivity index (χ2v) is 7.17. The van der Waals surface area contributed by atoms with Gasteiger partial charge in [-0.2, -0.15) is 5.10 Å². The molecule has 1 aromatic heterocycles. The van der Waals surface area contributed by atoms with E-state index in [1.54, 1.807) is 4.90 Å². The Hall–Kier alpha value is -2.18. The molecular weight excluding hydrogens is 320 g/mol. The monoisotopic (exact) mass is 346 g/mol. The number of aryl methyl sites for hydroxylation is 2. The fourth-order valence-corrected chi connectivity index (χ4v) is 3.79. The van der Waals surface area contributed by atoms with E-state index in [-0.39, 0.29) is 35.9 Å². The second kappa shape index (κ2) is 6.98. The molecule has 4 heterocycles. The van der Waals surface area contributed by atoms with Gasteiger partial charge in [0.2, 0.25) is 11.8 Å². The minimum Gasteiger partial charge on any atom is -0.338 e. The average molecular weight is 346 g/mol. The van der Waals surface area contributed by atoms with Crippen molar-refractivity contribution in [3.63, 3.8) is 0 Å². The van der Waals surface area contributed by atoms with Crippen molar-refractivity contribution in [2.24, 2.45) is 5.92 Å². The summed E-state index contributed by atoms with van der Waals surface area (Å²) in [5, 5.41) is 4.22. The summed E-state index contributed by atoms with van der Waals surface area (Å²) in [6.07, 6.45) is 2.71. The van der Waals surface area contributed by atoms with Gasteiger partial charge in [0.15, 0.2) is 0 Å². The number of amides is 2. The van der Waals surface area contributed by atoms with E-state index in [4.69, 9.17) is 0 Å². The summed E-state index contributed by atoms with van der Waals surface area (Å²) in [4.78, 5) is 41.1. The molecule has 2 unspecified atom stereocenters. The smallest absolute Gasteiger partial charge is 0.267 e. The minimum atomic E-state index is -0.266. The van der Waals surface area contributed by atoms with Crippen LogP contribution < -0.4 is 5.56 Å². The van der Waals surface area contributed by atoms with Crippen LogP contribution in [0.3, 0.4) is 0 Å². The Bertz CT molecular complexity index is 742. The number of carbonyl (C=O) groups is 2. The number of rotatable bonds is 4. The van der Waals surface area contributed by atoms with E-state index in [1.165, 1.54) is 10.7 Å². The van der Waals surface area contributed by atoms with Crippen molar-refractivity contribution in [3.8, 4) is 0 Å². The first-order valence-corrected chi connectivity index (χ1v) is 9.04. The quantitative estimate of drug-likeness (QED) is 0.805. The molecule has 136 valence electrons. The SMILES string of the molecule is CCCN1C(=O)C2CCC1CN(C(=O)Cn1nc(C)c(C)cc1=O)C2. The third-order valence-electron chi connectivity index (χ3n) is 5.33. The van der Waals surface area contributed by atoms with Crippen molar-refractivity contribution >= 4 is 11.8 Å².